The number of anilines is 1. The maximum Gasteiger partial charge on any atom is 0.491 e. The number of nitro groups is 1. The fourth-order valence-electron chi connectivity index (χ4n) is 2.66. The highest BCUT2D eigenvalue weighted by atomic mass is 19.1. The second kappa shape index (κ2) is 7.90. The number of hydrogen-bond donors (Lipinski definition) is 1. The standard InChI is InChI=1S/C17H14FN9O3/c18-14-4-2-1-3-12(14)8-25-9-13(7-20-25)21-16(28)15-5-6-24(22-15)11-26-10-19-17(23-26)27(29)30/h1-7,9-10H,8,11H2,(H,21,28). The van der Waals surface area contributed by atoms with Crippen molar-refractivity contribution >= 4 is 17.5 Å². The van der Waals surface area contributed by atoms with Crippen LogP contribution in [0.15, 0.2) is 55.2 Å². The predicted octanol–water partition coefficient (Wildman–Crippen LogP) is 1.52. The molecule has 152 valence electrons. The van der Waals surface area contributed by atoms with Gasteiger partial charge in [-0.25, -0.2) is 9.07 Å². The lowest BCUT2D eigenvalue weighted by atomic mass is 10.2. The van der Waals surface area contributed by atoms with E-state index >= 15 is 0 Å². The highest BCUT2D eigenvalue weighted by Gasteiger charge is 2.15. The maximum atomic E-state index is 13.7. The summed E-state index contributed by atoms with van der Waals surface area (Å²) in [4.78, 5) is 25.9. The number of rotatable bonds is 7. The molecule has 0 bridgehead atoms. The molecular weight excluding hydrogens is 397 g/mol. The first-order valence-corrected chi connectivity index (χ1v) is 8.62. The number of carbonyl (C=O) groups excluding carboxylic acids is 1. The zero-order valence-corrected chi connectivity index (χ0v) is 15.3. The molecule has 0 aliphatic rings. The number of aromatic nitrogens is 7. The molecule has 1 amide bonds. The summed E-state index contributed by atoms with van der Waals surface area (Å²) < 4.78 is 17.9. The molecule has 4 rings (SSSR count). The molecule has 0 fully saturated rings. The summed E-state index contributed by atoms with van der Waals surface area (Å²) in [5, 5.41) is 25.2. The van der Waals surface area contributed by atoms with E-state index in [1.807, 2.05) is 0 Å². The molecule has 0 atom stereocenters. The molecule has 0 saturated heterocycles. The summed E-state index contributed by atoms with van der Waals surface area (Å²) in [5.41, 5.74) is 1.04. The minimum Gasteiger partial charge on any atom is -0.390 e. The van der Waals surface area contributed by atoms with Crippen LogP contribution in [0, 0.1) is 15.9 Å². The van der Waals surface area contributed by atoms with Gasteiger partial charge in [0.1, 0.15) is 5.82 Å². The summed E-state index contributed by atoms with van der Waals surface area (Å²) in [6.07, 6.45) is 5.76. The van der Waals surface area contributed by atoms with Crippen molar-refractivity contribution in [2.24, 2.45) is 0 Å². The van der Waals surface area contributed by atoms with E-state index in [0.717, 1.165) is 0 Å². The summed E-state index contributed by atoms with van der Waals surface area (Å²) >= 11 is 0. The van der Waals surface area contributed by atoms with Crippen LogP contribution in [0.1, 0.15) is 16.1 Å². The van der Waals surface area contributed by atoms with Gasteiger partial charge in [0.2, 0.25) is 6.33 Å². The van der Waals surface area contributed by atoms with E-state index in [0.29, 0.717) is 11.3 Å². The Morgan fingerprint density at radius 2 is 2.00 bits per heavy atom. The van der Waals surface area contributed by atoms with Gasteiger partial charge in [-0.3, -0.25) is 9.48 Å². The van der Waals surface area contributed by atoms with E-state index in [9.17, 15) is 19.3 Å². The van der Waals surface area contributed by atoms with Crippen LogP contribution in [-0.2, 0) is 13.2 Å². The van der Waals surface area contributed by atoms with Gasteiger partial charge in [-0.15, -0.1) is 0 Å². The van der Waals surface area contributed by atoms with Crippen LogP contribution in [0.2, 0.25) is 0 Å². The number of amides is 1. The van der Waals surface area contributed by atoms with Crippen molar-refractivity contribution in [2.45, 2.75) is 13.2 Å². The average Bonchev–Trinajstić information content (AvgIpc) is 3.45. The second-order valence-corrected chi connectivity index (χ2v) is 6.20. The molecule has 0 spiro atoms. The average molecular weight is 411 g/mol. The van der Waals surface area contributed by atoms with Crippen molar-refractivity contribution in [1.29, 1.82) is 0 Å². The topological polar surface area (TPSA) is 139 Å². The van der Waals surface area contributed by atoms with Crippen LogP contribution in [0.4, 0.5) is 16.0 Å². The lowest BCUT2D eigenvalue weighted by molar-refractivity contribution is -0.394. The number of benzene rings is 1. The molecule has 0 aliphatic heterocycles. The van der Waals surface area contributed by atoms with Crippen molar-refractivity contribution < 1.29 is 14.1 Å². The molecular formula is C17H14FN9O3. The number of carbonyl (C=O) groups is 1. The van der Waals surface area contributed by atoms with Gasteiger partial charge in [0, 0.05) is 23.1 Å². The van der Waals surface area contributed by atoms with Crippen LogP contribution in [-0.4, -0.2) is 45.2 Å². The third kappa shape index (κ3) is 4.19. The molecule has 3 heterocycles. The normalized spacial score (nSPS) is 10.8. The molecule has 0 aliphatic carbocycles. The largest absolute Gasteiger partial charge is 0.491 e. The van der Waals surface area contributed by atoms with Gasteiger partial charge < -0.3 is 15.4 Å². The van der Waals surface area contributed by atoms with Gasteiger partial charge in [0.05, 0.1) is 18.4 Å². The third-order valence-electron chi connectivity index (χ3n) is 4.03. The third-order valence-corrected chi connectivity index (χ3v) is 4.03. The Balaban J connectivity index is 1.38. The Morgan fingerprint density at radius 1 is 1.17 bits per heavy atom. The molecule has 1 N–H and O–H groups in total. The van der Waals surface area contributed by atoms with Crippen LogP contribution in [0.25, 0.3) is 0 Å². The Hall–Kier alpha value is -4.42. The Labute approximate surface area is 167 Å². The molecule has 12 nitrogen and oxygen atoms in total. The lowest BCUT2D eigenvalue weighted by Crippen LogP contribution is -2.14. The minimum atomic E-state index is -0.704. The van der Waals surface area contributed by atoms with E-state index in [2.05, 4.69) is 25.6 Å². The zero-order valence-electron chi connectivity index (χ0n) is 15.3. The van der Waals surface area contributed by atoms with Crippen molar-refractivity contribution in [3.8, 4) is 0 Å². The predicted molar refractivity (Wildman–Crippen MR) is 100.0 cm³/mol. The maximum absolute atomic E-state index is 13.7. The van der Waals surface area contributed by atoms with Gasteiger partial charge in [-0.1, -0.05) is 23.2 Å². The van der Waals surface area contributed by atoms with E-state index < -0.39 is 16.8 Å². The van der Waals surface area contributed by atoms with E-state index in [1.54, 1.807) is 24.4 Å². The Morgan fingerprint density at radius 3 is 2.77 bits per heavy atom. The van der Waals surface area contributed by atoms with E-state index in [-0.39, 0.29) is 24.7 Å². The Kier molecular flexibility index (Phi) is 4.99. The number of nitrogens with one attached hydrogen (secondary N) is 1. The van der Waals surface area contributed by atoms with Crippen LogP contribution in [0.3, 0.4) is 0 Å². The highest BCUT2D eigenvalue weighted by molar-refractivity contribution is 6.02. The molecule has 30 heavy (non-hydrogen) atoms. The van der Waals surface area contributed by atoms with Gasteiger partial charge in [-0.2, -0.15) is 14.9 Å². The van der Waals surface area contributed by atoms with E-state index in [4.69, 9.17) is 0 Å². The number of halogens is 1. The van der Waals surface area contributed by atoms with Crippen LogP contribution >= 0.6 is 0 Å². The first-order chi connectivity index (χ1) is 14.5. The minimum absolute atomic E-state index is 0.0503. The fraction of sp³-hybridized carbons (Fsp3) is 0.118. The van der Waals surface area contributed by atoms with Crippen molar-refractivity contribution in [3.05, 3.63) is 82.4 Å². The molecule has 13 heteroatoms. The van der Waals surface area contributed by atoms with Crippen LogP contribution < -0.4 is 5.32 Å². The summed E-state index contributed by atoms with van der Waals surface area (Å²) in [5.74, 6) is -1.32. The first-order valence-electron chi connectivity index (χ1n) is 8.62. The van der Waals surface area contributed by atoms with Crippen molar-refractivity contribution in [1.82, 2.24) is 34.3 Å². The highest BCUT2D eigenvalue weighted by Crippen LogP contribution is 2.12. The molecule has 4 aromatic rings. The SMILES string of the molecule is O=C(Nc1cnn(Cc2ccccc2F)c1)c1ccn(Cn2cnc([N+](=O)[O-])n2)n1. The van der Waals surface area contributed by atoms with Gasteiger partial charge in [-0.05, 0) is 17.1 Å². The summed E-state index contributed by atoms with van der Waals surface area (Å²) in [6, 6.07) is 7.86. The Bertz CT molecular complexity index is 1210. The first kappa shape index (κ1) is 18.9. The molecule has 1 aromatic carbocycles. The smallest absolute Gasteiger partial charge is 0.390 e. The lowest BCUT2D eigenvalue weighted by Gasteiger charge is -2.03. The monoisotopic (exact) mass is 411 g/mol. The van der Waals surface area contributed by atoms with E-state index in [1.165, 1.54) is 44.9 Å². The van der Waals surface area contributed by atoms with Crippen molar-refractivity contribution in [3.63, 3.8) is 0 Å². The van der Waals surface area contributed by atoms with Gasteiger partial charge in [0.25, 0.3) is 5.91 Å². The molecule has 0 radical (unpaired) electrons. The van der Waals surface area contributed by atoms with Crippen molar-refractivity contribution in [2.75, 3.05) is 5.32 Å². The zero-order chi connectivity index (χ0) is 21.1. The second-order valence-electron chi connectivity index (χ2n) is 6.20. The van der Waals surface area contributed by atoms with Gasteiger partial charge in [0.15, 0.2) is 12.4 Å². The quantitative estimate of drug-likeness (QED) is 0.359. The molecule has 0 unspecified atom stereocenters. The summed E-state index contributed by atoms with van der Waals surface area (Å²) in [7, 11) is 0. The van der Waals surface area contributed by atoms with Gasteiger partial charge >= 0.3 is 5.95 Å². The van der Waals surface area contributed by atoms with Crippen LogP contribution in [0.5, 0.6) is 0 Å². The molecule has 0 saturated carbocycles. The number of hydrogen-bond acceptors (Lipinski definition) is 7. The number of nitrogens with zero attached hydrogens (tertiary/aromatic N) is 8. The molecule has 3 aromatic heterocycles. The fourth-order valence-corrected chi connectivity index (χ4v) is 2.66. The summed E-state index contributed by atoms with van der Waals surface area (Å²) in [6.45, 7) is 0.274.